The first-order chi connectivity index (χ1) is 14.5. The Balaban J connectivity index is 2.01. The van der Waals surface area contributed by atoms with Gasteiger partial charge in [0.2, 0.25) is 0 Å². The second-order valence-corrected chi connectivity index (χ2v) is 7.57. The highest BCUT2D eigenvalue weighted by atomic mass is 32.1. The molecule has 3 aromatic rings. The van der Waals surface area contributed by atoms with E-state index in [4.69, 9.17) is 13.9 Å². The summed E-state index contributed by atoms with van der Waals surface area (Å²) in [6.45, 7) is 3.71. The van der Waals surface area contributed by atoms with E-state index in [1.807, 2.05) is 18.2 Å². The SMILES string of the molecule is CCOC(=O)C1=C(C)N=c2sc(=Cc3ccco3)c(=O)n2C1c1ccccc1OC. The van der Waals surface area contributed by atoms with E-state index >= 15 is 0 Å². The van der Waals surface area contributed by atoms with Gasteiger partial charge in [-0.15, -0.1) is 0 Å². The third kappa shape index (κ3) is 3.39. The molecule has 30 heavy (non-hydrogen) atoms. The molecule has 0 radical (unpaired) electrons. The van der Waals surface area contributed by atoms with Crippen LogP contribution in [0.15, 0.2) is 68.1 Å². The lowest BCUT2D eigenvalue weighted by Crippen LogP contribution is -2.40. The zero-order valence-electron chi connectivity index (χ0n) is 16.7. The molecule has 7 nitrogen and oxygen atoms in total. The maximum Gasteiger partial charge on any atom is 0.338 e. The summed E-state index contributed by atoms with van der Waals surface area (Å²) in [6, 6.07) is 10.1. The van der Waals surface area contributed by atoms with Gasteiger partial charge in [-0.05, 0) is 32.0 Å². The van der Waals surface area contributed by atoms with Crippen molar-refractivity contribution in [1.29, 1.82) is 0 Å². The molecule has 1 aliphatic heterocycles. The van der Waals surface area contributed by atoms with E-state index in [1.165, 1.54) is 15.9 Å². The Morgan fingerprint density at radius 2 is 2.10 bits per heavy atom. The zero-order valence-corrected chi connectivity index (χ0v) is 17.6. The number of fused-ring (bicyclic) bond motifs is 1. The lowest BCUT2D eigenvalue weighted by atomic mass is 9.95. The van der Waals surface area contributed by atoms with Crippen LogP contribution in [-0.4, -0.2) is 24.3 Å². The molecule has 2 aromatic heterocycles. The number of thiazole rings is 1. The zero-order chi connectivity index (χ0) is 21.3. The molecule has 0 saturated carbocycles. The van der Waals surface area contributed by atoms with Gasteiger partial charge in [0.15, 0.2) is 4.80 Å². The van der Waals surface area contributed by atoms with Crippen LogP contribution in [0, 0.1) is 0 Å². The molecule has 0 fully saturated rings. The van der Waals surface area contributed by atoms with E-state index < -0.39 is 12.0 Å². The summed E-state index contributed by atoms with van der Waals surface area (Å²) in [7, 11) is 1.56. The molecule has 1 aromatic carbocycles. The molecular formula is C22H20N2O5S. The normalized spacial score (nSPS) is 16.2. The average molecular weight is 424 g/mol. The summed E-state index contributed by atoms with van der Waals surface area (Å²) in [5.74, 6) is 0.630. The molecule has 3 heterocycles. The van der Waals surface area contributed by atoms with Crippen molar-refractivity contribution in [3.8, 4) is 5.75 Å². The minimum absolute atomic E-state index is 0.219. The Morgan fingerprint density at radius 1 is 1.30 bits per heavy atom. The fraction of sp³-hybridized carbons (Fsp3) is 0.227. The number of nitrogens with zero attached hydrogens (tertiary/aromatic N) is 2. The van der Waals surface area contributed by atoms with Crippen LogP contribution in [-0.2, 0) is 9.53 Å². The van der Waals surface area contributed by atoms with E-state index in [9.17, 15) is 9.59 Å². The Kier molecular flexibility index (Phi) is 5.41. The van der Waals surface area contributed by atoms with Crippen LogP contribution in [0.25, 0.3) is 6.08 Å². The maximum absolute atomic E-state index is 13.4. The summed E-state index contributed by atoms with van der Waals surface area (Å²) in [4.78, 5) is 31.3. The quantitative estimate of drug-likeness (QED) is 0.588. The molecule has 0 bridgehead atoms. The maximum atomic E-state index is 13.4. The number of rotatable bonds is 5. The lowest BCUT2D eigenvalue weighted by molar-refractivity contribution is -0.139. The first-order valence-corrected chi connectivity index (χ1v) is 10.2. The molecule has 0 N–H and O–H groups in total. The summed E-state index contributed by atoms with van der Waals surface area (Å²) >= 11 is 1.24. The average Bonchev–Trinajstić information content (AvgIpc) is 3.35. The van der Waals surface area contributed by atoms with Crippen LogP contribution in [0.5, 0.6) is 5.75 Å². The Morgan fingerprint density at radius 3 is 2.80 bits per heavy atom. The van der Waals surface area contributed by atoms with E-state index in [-0.39, 0.29) is 12.2 Å². The Hall–Kier alpha value is -3.39. The fourth-order valence-corrected chi connectivity index (χ4v) is 4.51. The second kappa shape index (κ2) is 8.16. The van der Waals surface area contributed by atoms with Crippen molar-refractivity contribution < 1.29 is 18.7 Å². The van der Waals surface area contributed by atoms with Crippen molar-refractivity contribution in [2.75, 3.05) is 13.7 Å². The number of aromatic nitrogens is 1. The number of hydrogen-bond acceptors (Lipinski definition) is 7. The molecular weight excluding hydrogens is 404 g/mol. The van der Waals surface area contributed by atoms with Crippen LogP contribution in [0.4, 0.5) is 0 Å². The predicted molar refractivity (Wildman–Crippen MR) is 112 cm³/mol. The van der Waals surface area contributed by atoms with Gasteiger partial charge in [0, 0.05) is 11.6 Å². The van der Waals surface area contributed by atoms with Gasteiger partial charge in [-0.1, -0.05) is 29.5 Å². The highest BCUT2D eigenvalue weighted by Gasteiger charge is 2.34. The summed E-state index contributed by atoms with van der Waals surface area (Å²) in [5, 5.41) is 0. The number of allylic oxidation sites excluding steroid dienone is 1. The van der Waals surface area contributed by atoms with Crippen molar-refractivity contribution >= 4 is 23.4 Å². The van der Waals surface area contributed by atoms with Gasteiger partial charge in [0.25, 0.3) is 5.56 Å². The van der Waals surface area contributed by atoms with Crippen molar-refractivity contribution in [1.82, 2.24) is 4.57 Å². The van der Waals surface area contributed by atoms with Crippen LogP contribution in [0.2, 0.25) is 0 Å². The van der Waals surface area contributed by atoms with Gasteiger partial charge in [-0.25, -0.2) is 9.79 Å². The van der Waals surface area contributed by atoms with Crippen LogP contribution >= 0.6 is 11.3 Å². The van der Waals surface area contributed by atoms with Gasteiger partial charge >= 0.3 is 5.97 Å². The number of furan rings is 1. The molecule has 154 valence electrons. The van der Waals surface area contributed by atoms with Crippen molar-refractivity contribution in [2.24, 2.45) is 4.99 Å². The molecule has 1 atom stereocenters. The first-order valence-electron chi connectivity index (χ1n) is 9.41. The van der Waals surface area contributed by atoms with Gasteiger partial charge < -0.3 is 13.9 Å². The third-order valence-corrected chi connectivity index (χ3v) is 5.75. The van der Waals surface area contributed by atoms with Crippen LogP contribution in [0.1, 0.15) is 31.2 Å². The monoisotopic (exact) mass is 424 g/mol. The van der Waals surface area contributed by atoms with Gasteiger partial charge in [0.1, 0.15) is 17.6 Å². The third-order valence-electron chi connectivity index (χ3n) is 4.77. The summed E-state index contributed by atoms with van der Waals surface area (Å²) in [5.41, 5.74) is 1.25. The smallest absolute Gasteiger partial charge is 0.338 e. The number of methoxy groups -OCH3 is 1. The van der Waals surface area contributed by atoms with Crippen molar-refractivity contribution in [3.63, 3.8) is 0 Å². The van der Waals surface area contributed by atoms with E-state index in [0.717, 1.165) is 0 Å². The molecule has 0 aliphatic carbocycles. The number of carbonyl (C=O) groups excluding carboxylic acids is 1. The van der Waals surface area contributed by atoms with Gasteiger partial charge in [-0.2, -0.15) is 0 Å². The van der Waals surface area contributed by atoms with Crippen molar-refractivity contribution in [3.05, 3.63) is 84.9 Å². The highest BCUT2D eigenvalue weighted by Crippen LogP contribution is 2.35. The number of carbonyl (C=O) groups is 1. The predicted octanol–water partition coefficient (Wildman–Crippen LogP) is 2.40. The summed E-state index contributed by atoms with van der Waals surface area (Å²) < 4.78 is 18.2. The molecule has 4 rings (SSSR count). The minimum Gasteiger partial charge on any atom is -0.496 e. The topological polar surface area (TPSA) is 83.0 Å². The standard InChI is InChI=1S/C22H20N2O5S/c1-4-28-21(26)18-13(2)23-22-24(19(18)15-9-5-6-10-16(15)27-3)20(25)17(30-22)12-14-8-7-11-29-14/h5-12,19H,4H2,1-3H3. The molecule has 8 heteroatoms. The van der Waals surface area contributed by atoms with Crippen LogP contribution in [0.3, 0.4) is 0 Å². The fourth-order valence-electron chi connectivity index (χ4n) is 3.48. The lowest BCUT2D eigenvalue weighted by Gasteiger charge is -2.25. The molecule has 0 saturated heterocycles. The first kappa shape index (κ1) is 19.9. The largest absolute Gasteiger partial charge is 0.496 e. The second-order valence-electron chi connectivity index (χ2n) is 6.56. The highest BCUT2D eigenvalue weighted by molar-refractivity contribution is 7.07. The van der Waals surface area contributed by atoms with Crippen molar-refractivity contribution in [2.45, 2.75) is 19.9 Å². The molecule has 0 amide bonds. The van der Waals surface area contributed by atoms with E-state index in [0.29, 0.717) is 37.7 Å². The molecule has 0 spiro atoms. The summed E-state index contributed by atoms with van der Waals surface area (Å²) in [6.07, 6.45) is 3.22. The van der Waals surface area contributed by atoms with Crippen LogP contribution < -0.4 is 19.6 Å². The molecule has 1 unspecified atom stereocenters. The molecule has 1 aliphatic rings. The Bertz CT molecular complexity index is 1300. The Labute approximate surface area is 176 Å². The van der Waals surface area contributed by atoms with Gasteiger partial charge in [0.05, 0.1) is 35.8 Å². The minimum atomic E-state index is -0.713. The number of benzene rings is 1. The van der Waals surface area contributed by atoms with Gasteiger partial charge in [-0.3, -0.25) is 9.36 Å². The number of para-hydroxylation sites is 1. The van der Waals surface area contributed by atoms with E-state index in [1.54, 1.807) is 51.5 Å². The number of ether oxygens (including phenoxy) is 2. The number of esters is 1. The van der Waals surface area contributed by atoms with E-state index in [2.05, 4.69) is 4.99 Å². The number of hydrogen-bond donors (Lipinski definition) is 0.